The zero-order valence-electron chi connectivity index (χ0n) is 18.8. The second kappa shape index (κ2) is 6.10. The maximum atomic E-state index is 5.00. The van der Waals surface area contributed by atoms with Gasteiger partial charge in [0, 0.05) is 23.2 Å². The summed E-state index contributed by atoms with van der Waals surface area (Å²) >= 11 is 0. The smallest absolute Gasteiger partial charge is 0.178 e. The SMILES string of the molecule is c1ccc2c(c1)Cc1c-2ccc2c1-c1cc3c(cc1C2)c1ncccc1n1c2cccnc2nc31. The van der Waals surface area contributed by atoms with E-state index in [0.29, 0.717) is 0 Å². The topological polar surface area (TPSA) is 43.1 Å². The molecule has 0 radical (unpaired) electrons. The lowest BCUT2D eigenvalue weighted by atomic mass is 9.94. The molecule has 4 heteroatoms. The maximum absolute atomic E-state index is 5.00. The highest BCUT2D eigenvalue weighted by molar-refractivity contribution is 6.14. The van der Waals surface area contributed by atoms with Crippen LogP contribution in [0.4, 0.5) is 0 Å². The fourth-order valence-electron chi connectivity index (χ4n) is 6.48. The average molecular weight is 447 g/mol. The predicted molar refractivity (Wildman–Crippen MR) is 140 cm³/mol. The molecule has 2 aliphatic carbocycles. The van der Waals surface area contributed by atoms with Crippen molar-refractivity contribution in [3.63, 3.8) is 0 Å². The number of hydrogen-bond acceptors (Lipinski definition) is 3. The molecule has 162 valence electrons. The van der Waals surface area contributed by atoms with E-state index in [4.69, 9.17) is 9.97 Å². The van der Waals surface area contributed by atoms with Gasteiger partial charge in [0.25, 0.3) is 0 Å². The van der Waals surface area contributed by atoms with E-state index in [0.717, 1.165) is 51.5 Å². The van der Waals surface area contributed by atoms with Crippen LogP contribution in [0.3, 0.4) is 0 Å². The van der Waals surface area contributed by atoms with Crippen LogP contribution >= 0.6 is 0 Å². The van der Waals surface area contributed by atoms with Crippen molar-refractivity contribution in [3.05, 3.63) is 107 Å². The normalized spacial score (nSPS) is 13.5. The van der Waals surface area contributed by atoms with Crippen molar-refractivity contribution in [2.75, 3.05) is 0 Å². The van der Waals surface area contributed by atoms with Crippen LogP contribution in [0, 0.1) is 0 Å². The Morgan fingerprint density at radius 1 is 0.629 bits per heavy atom. The van der Waals surface area contributed by atoms with Crippen molar-refractivity contribution >= 4 is 38.6 Å². The van der Waals surface area contributed by atoms with Gasteiger partial charge in [-0.3, -0.25) is 9.38 Å². The zero-order valence-corrected chi connectivity index (χ0v) is 18.8. The van der Waals surface area contributed by atoms with Crippen LogP contribution in [0.5, 0.6) is 0 Å². The number of nitrogens with zero attached hydrogens (tertiary/aromatic N) is 4. The molecule has 0 fully saturated rings. The van der Waals surface area contributed by atoms with E-state index in [1.165, 1.54) is 44.5 Å². The summed E-state index contributed by atoms with van der Waals surface area (Å²) in [6.45, 7) is 0. The Kier molecular flexibility index (Phi) is 3.11. The van der Waals surface area contributed by atoms with E-state index in [1.54, 1.807) is 0 Å². The molecule has 0 unspecified atom stereocenters. The fourth-order valence-corrected chi connectivity index (χ4v) is 6.48. The first kappa shape index (κ1) is 17.8. The molecule has 2 aliphatic rings. The summed E-state index contributed by atoms with van der Waals surface area (Å²) in [5.41, 5.74) is 16.0. The second-order valence-corrected chi connectivity index (χ2v) is 9.68. The highest BCUT2D eigenvalue weighted by Crippen LogP contribution is 2.49. The Morgan fingerprint density at radius 2 is 1.51 bits per heavy atom. The van der Waals surface area contributed by atoms with Gasteiger partial charge >= 0.3 is 0 Å². The highest BCUT2D eigenvalue weighted by atomic mass is 15.1. The second-order valence-electron chi connectivity index (χ2n) is 9.68. The molecule has 0 saturated carbocycles. The molecule has 0 bridgehead atoms. The largest absolute Gasteiger partial charge is 0.288 e. The lowest BCUT2D eigenvalue weighted by molar-refractivity contribution is 1.23. The molecule has 4 nitrogen and oxygen atoms in total. The van der Waals surface area contributed by atoms with Gasteiger partial charge in [-0.05, 0) is 93.7 Å². The fraction of sp³-hybridized carbons (Fsp3) is 0.0645. The monoisotopic (exact) mass is 446 g/mol. The summed E-state index contributed by atoms with van der Waals surface area (Å²) in [6, 6.07) is 26.4. The van der Waals surface area contributed by atoms with Crippen LogP contribution in [0.15, 0.2) is 85.2 Å². The number of fused-ring (bicyclic) bond motifs is 15. The Balaban J connectivity index is 1.42. The Bertz CT molecular complexity index is 2070. The van der Waals surface area contributed by atoms with Crippen LogP contribution < -0.4 is 0 Å². The van der Waals surface area contributed by atoms with Crippen LogP contribution in [0.25, 0.3) is 60.9 Å². The number of imidazole rings is 1. The molecule has 4 aromatic heterocycles. The van der Waals surface area contributed by atoms with E-state index in [1.807, 2.05) is 24.5 Å². The molecular weight excluding hydrogens is 428 g/mol. The first-order valence-corrected chi connectivity index (χ1v) is 12.0. The van der Waals surface area contributed by atoms with Gasteiger partial charge in [0.1, 0.15) is 5.65 Å². The van der Waals surface area contributed by atoms with E-state index >= 15 is 0 Å². The molecule has 0 spiro atoms. The molecule has 0 saturated heterocycles. The molecule has 4 heterocycles. The van der Waals surface area contributed by atoms with Crippen molar-refractivity contribution in [3.8, 4) is 22.3 Å². The molecule has 7 aromatic rings. The van der Waals surface area contributed by atoms with Crippen LogP contribution in [0.1, 0.15) is 22.3 Å². The summed E-state index contributed by atoms with van der Waals surface area (Å²) in [7, 11) is 0. The minimum atomic E-state index is 0.766. The summed E-state index contributed by atoms with van der Waals surface area (Å²) in [5.74, 6) is 0. The highest BCUT2D eigenvalue weighted by Gasteiger charge is 2.29. The number of pyridine rings is 3. The standard InChI is InChI=1S/C31H18N4/c1-2-6-20-17(5-1)14-23-21(20)10-9-18-13-19-15-24-25(16-22(19)28(18)23)31-34-30-27(8-4-12-33-30)35(31)26-7-3-11-32-29(24)26/h1-12,15-16H,13-14H2. The van der Waals surface area contributed by atoms with E-state index in [9.17, 15) is 0 Å². The lowest BCUT2D eigenvalue weighted by Crippen LogP contribution is -1.94. The number of benzene rings is 3. The first-order chi connectivity index (χ1) is 17.3. The van der Waals surface area contributed by atoms with Gasteiger partial charge in [-0.15, -0.1) is 0 Å². The van der Waals surface area contributed by atoms with Crippen molar-refractivity contribution in [2.45, 2.75) is 12.8 Å². The van der Waals surface area contributed by atoms with E-state index in [-0.39, 0.29) is 0 Å². The molecule has 9 rings (SSSR count). The Hall–Kier alpha value is -4.57. The van der Waals surface area contributed by atoms with Crippen LogP contribution in [-0.4, -0.2) is 19.4 Å². The maximum Gasteiger partial charge on any atom is 0.178 e. The summed E-state index contributed by atoms with van der Waals surface area (Å²) in [6.07, 6.45) is 5.66. The zero-order chi connectivity index (χ0) is 22.7. The first-order valence-electron chi connectivity index (χ1n) is 12.0. The van der Waals surface area contributed by atoms with E-state index in [2.05, 4.69) is 70.0 Å². The van der Waals surface area contributed by atoms with Crippen molar-refractivity contribution in [1.29, 1.82) is 0 Å². The van der Waals surface area contributed by atoms with Gasteiger partial charge in [0.05, 0.1) is 16.6 Å². The van der Waals surface area contributed by atoms with Crippen LogP contribution in [-0.2, 0) is 12.8 Å². The third-order valence-electron chi connectivity index (χ3n) is 7.92. The summed E-state index contributed by atoms with van der Waals surface area (Å²) in [4.78, 5) is 14.4. The van der Waals surface area contributed by atoms with Gasteiger partial charge < -0.3 is 0 Å². The van der Waals surface area contributed by atoms with Crippen molar-refractivity contribution in [1.82, 2.24) is 19.4 Å². The quantitative estimate of drug-likeness (QED) is 0.243. The molecule has 0 N–H and O–H groups in total. The molecule has 3 aromatic carbocycles. The minimum absolute atomic E-state index is 0.766. The van der Waals surface area contributed by atoms with Gasteiger partial charge in [-0.2, -0.15) is 0 Å². The summed E-state index contributed by atoms with van der Waals surface area (Å²) in [5, 5.41) is 2.30. The van der Waals surface area contributed by atoms with Gasteiger partial charge in [-0.25, -0.2) is 9.97 Å². The number of hydrogen-bond donors (Lipinski definition) is 0. The molecule has 0 amide bonds. The predicted octanol–water partition coefficient (Wildman–Crippen LogP) is 6.73. The minimum Gasteiger partial charge on any atom is -0.288 e. The average Bonchev–Trinajstić information content (AvgIpc) is 3.58. The molecule has 0 atom stereocenters. The Morgan fingerprint density at radius 3 is 2.49 bits per heavy atom. The van der Waals surface area contributed by atoms with Gasteiger partial charge in [-0.1, -0.05) is 36.4 Å². The third-order valence-corrected chi connectivity index (χ3v) is 7.92. The lowest BCUT2D eigenvalue weighted by Gasteiger charge is -2.12. The van der Waals surface area contributed by atoms with Crippen LogP contribution in [0.2, 0.25) is 0 Å². The molecule has 0 aliphatic heterocycles. The number of rotatable bonds is 0. The molecule has 35 heavy (non-hydrogen) atoms. The molecular formula is C31H18N4. The van der Waals surface area contributed by atoms with Crippen molar-refractivity contribution in [2.24, 2.45) is 0 Å². The Labute approximate surface area is 200 Å². The number of aromatic nitrogens is 4. The third kappa shape index (κ3) is 2.15. The summed E-state index contributed by atoms with van der Waals surface area (Å²) < 4.78 is 2.22. The van der Waals surface area contributed by atoms with Gasteiger partial charge in [0.2, 0.25) is 0 Å². The van der Waals surface area contributed by atoms with Crippen molar-refractivity contribution < 1.29 is 0 Å². The van der Waals surface area contributed by atoms with Gasteiger partial charge in [0.15, 0.2) is 5.65 Å². The van der Waals surface area contributed by atoms with E-state index < -0.39 is 0 Å².